The first-order valence-corrected chi connectivity index (χ1v) is 13.3. The fourth-order valence-electron chi connectivity index (χ4n) is 3.06. The van der Waals surface area contributed by atoms with Crippen LogP contribution in [0.1, 0.15) is 28.1 Å². The summed E-state index contributed by atoms with van der Waals surface area (Å²) in [5.74, 6) is -0.714. The number of benzene rings is 1. The number of nitrogens with zero attached hydrogens (tertiary/aromatic N) is 1. The number of anilines is 1. The van der Waals surface area contributed by atoms with E-state index in [1.54, 1.807) is 29.6 Å². The number of rotatable bonds is 9. The number of carbonyl (C=O) groups is 1. The summed E-state index contributed by atoms with van der Waals surface area (Å²) in [6.45, 7) is 4.55. The molecular weight excluding hydrogens is 446 g/mol. The summed E-state index contributed by atoms with van der Waals surface area (Å²) in [7, 11) is -7.17. The van der Waals surface area contributed by atoms with E-state index in [9.17, 15) is 21.6 Å². The molecule has 0 spiro atoms. The van der Waals surface area contributed by atoms with Crippen molar-refractivity contribution in [1.82, 2.24) is 9.03 Å². The number of nitrogens with one attached hydrogen (secondary N) is 2. The monoisotopic (exact) mass is 469 g/mol. The molecule has 1 aliphatic heterocycles. The zero-order valence-electron chi connectivity index (χ0n) is 16.2. The number of amides is 1. The lowest BCUT2D eigenvalue weighted by atomic mass is 10.2. The Kier molecular flexibility index (Phi) is 7.09. The second-order valence-electron chi connectivity index (χ2n) is 6.77. The predicted molar refractivity (Wildman–Crippen MR) is 118 cm³/mol. The third-order valence-electron chi connectivity index (χ3n) is 4.53. The van der Waals surface area contributed by atoms with Crippen molar-refractivity contribution < 1.29 is 21.6 Å². The van der Waals surface area contributed by atoms with E-state index in [2.05, 4.69) is 16.6 Å². The Bertz CT molecular complexity index is 1120. The lowest BCUT2D eigenvalue weighted by Crippen LogP contribution is -2.29. The molecular formula is C19H23N3O5S3. The molecule has 1 fully saturated rings. The first-order chi connectivity index (χ1) is 14.2. The molecule has 8 nitrogen and oxygen atoms in total. The van der Waals surface area contributed by atoms with E-state index < -0.39 is 26.0 Å². The summed E-state index contributed by atoms with van der Waals surface area (Å²) >= 11 is 1.07. The van der Waals surface area contributed by atoms with Crippen molar-refractivity contribution in [2.24, 2.45) is 0 Å². The Morgan fingerprint density at radius 1 is 1.10 bits per heavy atom. The molecule has 1 saturated heterocycles. The van der Waals surface area contributed by atoms with Crippen LogP contribution in [-0.4, -0.2) is 46.7 Å². The third kappa shape index (κ3) is 5.35. The SMILES string of the molecule is C=CCNS(=O)(=O)Cc1ccc(NC(=O)c2sccc2S(=O)(=O)N2CCCC2)cc1. The smallest absolute Gasteiger partial charge is 0.267 e. The molecule has 0 radical (unpaired) electrons. The fraction of sp³-hybridized carbons (Fsp3) is 0.316. The van der Waals surface area contributed by atoms with Gasteiger partial charge in [-0.2, -0.15) is 4.31 Å². The molecule has 162 valence electrons. The number of sulfonamides is 2. The number of carbonyl (C=O) groups excluding carboxylic acids is 1. The van der Waals surface area contributed by atoms with Crippen molar-refractivity contribution in [2.75, 3.05) is 25.0 Å². The van der Waals surface area contributed by atoms with E-state index in [0.717, 1.165) is 24.2 Å². The van der Waals surface area contributed by atoms with Gasteiger partial charge in [-0.05, 0) is 42.0 Å². The Morgan fingerprint density at radius 2 is 1.77 bits per heavy atom. The highest BCUT2D eigenvalue weighted by atomic mass is 32.2. The molecule has 0 atom stereocenters. The quantitative estimate of drug-likeness (QED) is 0.548. The van der Waals surface area contributed by atoms with Crippen LogP contribution in [0.3, 0.4) is 0 Å². The summed E-state index contributed by atoms with van der Waals surface area (Å²) < 4.78 is 53.3. The fourth-order valence-corrected chi connectivity index (χ4v) is 6.98. The molecule has 0 aliphatic carbocycles. The molecule has 0 saturated carbocycles. The third-order valence-corrected chi connectivity index (χ3v) is 8.84. The van der Waals surface area contributed by atoms with E-state index in [0.29, 0.717) is 24.3 Å². The molecule has 1 aromatic carbocycles. The minimum Gasteiger partial charge on any atom is -0.321 e. The highest BCUT2D eigenvalue weighted by Gasteiger charge is 2.31. The highest BCUT2D eigenvalue weighted by molar-refractivity contribution is 7.89. The standard InChI is InChI=1S/C19H23N3O5S3/c1-2-10-20-29(24,25)14-15-5-7-16(8-6-15)21-19(23)18-17(9-13-28-18)30(26,27)22-11-3-4-12-22/h2,5-9,13,20H,1,3-4,10-12,14H2,(H,21,23). The van der Waals surface area contributed by atoms with Gasteiger partial charge in [-0.3, -0.25) is 4.79 Å². The average Bonchev–Trinajstić information content (AvgIpc) is 3.40. The van der Waals surface area contributed by atoms with Gasteiger partial charge in [-0.25, -0.2) is 21.6 Å². The Hall–Kier alpha value is -2.05. The summed E-state index contributed by atoms with van der Waals surface area (Å²) in [6, 6.07) is 7.81. The van der Waals surface area contributed by atoms with Gasteiger partial charge in [0, 0.05) is 25.3 Å². The predicted octanol–water partition coefficient (Wildman–Crippen LogP) is 2.39. The number of hydrogen-bond donors (Lipinski definition) is 2. The van der Waals surface area contributed by atoms with Crippen LogP contribution in [0.5, 0.6) is 0 Å². The molecule has 1 aromatic heterocycles. The molecule has 30 heavy (non-hydrogen) atoms. The van der Waals surface area contributed by atoms with Crippen LogP contribution in [0.25, 0.3) is 0 Å². The topological polar surface area (TPSA) is 113 Å². The molecule has 2 N–H and O–H groups in total. The van der Waals surface area contributed by atoms with Crippen molar-refractivity contribution in [3.05, 3.63) is 58.8 Å². The number of hydrogen-bond acceptors (Lipinski definition) is 6. The summed E-state index contributed by atoms with van der Waals surface area (Å²) in [5.41, 5.74) is 0.996. The van der Waals surface area contributed by atoms with Crippen LogP contribution in [-0.2, 0) is 25.8 Å². The molecule has 2 aromatic rings. The molecule has 2 heterocycles. The Labute approximate surface area is 180 Å². The average molecular weight is 470 g/mol. The van der Waals surface area contributed by atoms with Gasteiger partial charge in [0.15, 0.2) is 0 Å². The van der Waals surface area contributed by atoms with Crippen molar-refractivity contribution in [2.45, 2.75) is 23.5 Å². The van der Waals surface area contributed by atoms with Gasteiger partial charge in [-0.15, -0.1) is 17.9 Å². The Morgan fingerprint density at radius 3 is 2.40 bits per heavy atom. The van der Waals surface area contributed by atoms with Gasteiger partial charge in [0.1, 0.15) is 9.77 Å². The first-order valence-electron chi connectivity index (χ1n) is 9.29. The lowest BCUT2D eigenvalue weighted by Gasteiger charge is -2.15. The molecule has 0 bridgehead atoms. The van der Waals surface area contributed by atoms with Crippen LogP contribution in [0, 0.1) is 0 Å². The summed E-state index contributed by atoms with van der Waals surface area (Å²) in [6.07, 6.45) is 3.09. The molecule has 1 amide bonds. The van der Waals surface area contributed by atoms with E-state index in [-0.39, 0.29) is 22.1 Å². The first kappa shape index (κ1) is 22.6. The van der Waals surface area contributed by atoms with Crippen molar-refractivity contribution in [3.63, 3.8) is 0 Å². The molecule has 3 rings (SSSR count). The second kappa shape index (κ2) is 9.40. The van der Waals surface area contributed by atoms with Crippen molar-refractivity contribution >= 4 is 43.0 Å². The van der Waals surface area contributed by atoms with Gasteiger partial charge in [0.2, 0.25) is 20.0 Å². The van der Waals surface area contributed by atoms with Crippen LogP contribution < -0.4 is 10.0 Å². The van der Waals surface area contributed by atoms with Gasteiger partial charge >= 0.3 is 0 Å². The largest absolute Gasteiger partial charge is 0.321 e. The van der Waals surface area contributed by atoms with Crippen molar-refractivity contribution in [3.8, 4) is 0 Å². The van der Waals surface area contributed by atoms with Gasteiger partial charge in [0.25, 0.3) is 5.91 Å². The van der Waals surface area contributed by atoms with Crippen LogP contribution in [0.2, 0.25) is 0 Å². The van der Waals surface area contributed by atoms with Crippen LogP contribution >= 0.6 is 11.3 Å². The van der Waals surface area contributed by atoms with Gasteiger partial charge in [-0.1, -0.05) is 18.2 Å². The molecule has 0 unspecified atom stereocenters. The maximum Gasteiger partial charge on any atom is 0.267 e. The molecule has 1 aliphatic rings. The highest BCUT2D eigenvalue weighted by Crippen LogP contribution is 2.28. The normalized spacial score (nSPS) is 15.2. The number of thiophene rings is 1. The maximum atomic E-state index is 12.8. The van der Waals surface area contributed by atoms with E-state index in [1.165, 1.54) is 16.4 Å². The van der Waals surface area contributed by atoms with Crippen LogP contribution in [0.4, 0.5) is 5.69 Å². The van der Waals surface area contributed by atoms with Gasteiger partial charge in [0.05, 0.1) is 5.75 Å². The van der Waals surface area contributed by atoms with Crippen LogP contribution in [0.15, 0.2) is 53.3 Å². The van der Waals surface area contributed by atoms with E-state index >= 15 is 0 Å². The second-order valence-corrected chi connectivity index (χ2v) is 11.4. The van der Waals surface area contributed by atoms with Gasteiger partial charge < -0.3 is 5.32 Å². The van der Waals surface area contributed by atoms with E-state index in [4.69, 9.17) is 0 Å². The Balaban J connectivity index is 1.70. The molecule has 11 heteroatoms. The zero-order chi connectivity index (χ0) is 21.8. The minimum atomic E-state index is -3.70. The maximum absolute atomic E-state index is 12.8. The summed E-state index contributed by atoms with van der Waals surface area (Å²) in [4.78, 5) is 12.8. The lowest BCUT2D eigenvalue weighted by molar-refractivity contribution is 0.102. The summed E-state index contributed by atoms with van der Waals surface area (Å²) in [5, 5.41) is 4.27. The minimum absolute atomic E-state index is 0.0166. The van der Waals surface area contributed by atoms with E-state index in [1.807, 2.05) is 0 Å². The van der Waals surface area contributed by atoms with Crippen molar-refractivity contribution in [1.29, 1.82) is 0 Å². The zero-order valence-corrected chi connectivity index (χ0v) is 18.7.